The summed E-state index contributed by atoms with van der Waals surface area (Å²) in [7, 11) is -3.10. The highest BCUT2D eigenvalue weighted by molar-refractivity contribution is 7.53. The van der Waals surface area contributed by atoms with E-state index in [0.29, 0.717) is 26.2 Å². The lowest BCUT2D eigenvalue weighted by Gasteiger charge is -2.27. The third-order valence-corrected chi connectivity index (χ3v) is 6.34. The van der Waals surface area contributed by atoms with Gasteiger partial charge in [0, 0.05) is 6.61 Å². The van der Waals surface area contributed by atoms with E-state index >= 15 is 0 Å². The highest BCUT2D eigenvalue weighted by Crippen LogP contribution is 2.50. The number of fused-ring (bicyclic) bond motifs is 1. The first-order valence-corrected chi connectivity index (χ1v) is 11.1. The molecule has 2 rings (SSSR count). The van der Waals surface area contributed by atoms with E-state index in [1.54, 1.807) is 0 Å². The van der Waals surface area contributed by atoms with Crippen LogP contribution in [0.5, 0.6) is 0 Å². The molecule has 0 saturated carbocycles. The zero-order valence-corrected chi connectivity index (χ0v) is 17.0. The van der Waals surface area contributed by atoms with Crippen LogP contribution in [0.1, 0.15) is 53.9 Å². The Morgan fingerprint density at radius 2 is 1.76 bits per heavy atom. The second-order valence-corrected chi connectivity index (χ2v) is 8.98. The summed E-state index contributed by atoms with van der Waals surface area (Å²) in [6.07, 6.45) is 1.61. The Morgan fingerprint density at radius 1 is 1.08 bits per heavy atom. The zero-order chi connectivity index (χ0) is 18.5. The number of hydrogen-bond donors (Lipinski definition) is 0. The largest absolute Gasteiger partial charge is 0.373 e. The van der Waals surface area contributed by atoms with Gasteiger partial charge in [0.1, 0.15) is 12.2 Å². The summed E-state index contributed by atoms with van der Waals surface area (Å²) in [6, 6.07) is 0. The third-order valence-electron chi connectivity index (χ3n) is 4.23. The predicted octanol–water partition coefficient (Wildman–Crippen LogP) is 3.70. The van der Waals surface area contributed by atoms with E-state index < -0.39 is 19.7 Å². The monoisotopic (exact) mass is 380 g/mol. The minimum atomic E-state index is -3.10. The van der Waals surface area contributed by atoms with E-state index in [9.17, 15) is 4.57 Å². The molecular weight excluding hydrogens is 347 g/mol. The first kappa shape index (κ1) is 21.3. The van der Waals surface area contributed by atoms with Crippen LogP contribution in [-0.2, 0) is 32.6 Å². The van der Waals surface area contributed by atoms with Gasteiger partial charge >= 0.3 is 7.60 Å². The molecule has 2 aliphatic heterocycles. The molecule has 7 nitrogen and oxygen atoms in total. The van der Waals surface area contributed by atoms with E-state index in [1.165, 1.54) is 0 Å². The molecule has 25 heavy (non-hydrogen) atoms. The van der Waals surface area contributed by atoms with Crippen molar-refractivity contribution in [3.8, 4) is 0 Å². The quantitative estimate of drug-likeness (QED) is 0.400. The zero-order valence-electron chi connectivity index (χ0n) is 16.1. The third kappa shape index (κ3) is 5.73. The molecule has 0 aliphatic carbocycles. The van der Waals surface area contributed by atoms with Gasteiger partial charge < -0.3 is 28.0 Å². The predicted molar refractivity (Wildman–Crippen MR) is 93.7 cm³/mol. The smallest absolute Gasteiger partial charge is 0.330 e. The summed E-state index contributed by atoms with van der Waals surface area (Å²) in [4.78, 5) is 0. The molecule has 4 atom stereocenters. The highest BCUT2D eigenvalue weighted by Gasteiger charge is 2.55. The number of hydrogen-bond acceptors (Lipinski definition) is 7. The molecule has 0 aromatic carbocycles. The van der Waals surface area contributed by atoms with Gasteiger partial charge in [0.15, 0.2) is 12.1 Å². The van der Waals surface area contributed by atoms with Crippen molar-refractivity contribution in [1.29, 1.82) is 0 Å². The van der Waals surface area contributed by atoms with Crippen LogP contribution < -0.4 is 0 Å². The molecule has 0 spiro atoms. The Bertz CT molecular complexity index is 446. The lowest BCUT2D eigenvalue weighted by Crippen LogP contribution is -2.37. The van der Waals surface area contributed by atoms with Gasteiger partial charge in [0.25, 0.3) is 0 Å². The number of unbranched alkanes of at least 4 members (excludes halogenated alkanes) is 1. The van der Waals surface area contributed by atoms with Crippen molar-refractivity contribution in [2.75, 3.05) is 26.0 Å². The Labute approximate surface area is 151 Å². The Balaban J connectivity index is 1.99. The minimum absolute atomic E-state index is 0.241. The molecule has 0 amide bonds. The first-order valence-electron chi connectivity index (χ1n) is 9.35. The van der Waals surface area contributed by atoms with Gasteiger partial charge in [-0.15, -0.1) is 0 Å². The second-order valence-electron chi connectivity index (χ2n) is 6.79. The lowest BCUT2D eigenvalue weighted by atomic mass is 10.1. The van der Waals surface area contributed by atoms with Gasteiger partial charge in [-0.25, -0.2) is 0 Å². The average Bonchev–Trinajstić information content (AvgIpc) is 2.98. The topological polar surface area (TPSA) is 72.5 Å². The van der Waals surface area contributed by atoms with Gasteiger partial charge in [0.05, 0.1) is 25.5 Å². The van der Waals surface area contributed by atoms with E-state index in [4.69, 9.17) is 28.0 Å². The Hall–Kier alpha value is -0.0100. The van der Waals surface area contributed by atoms with Crippen LogP contribution in [0, 0.1) is 0 Å². The van der Waals surface area contributed by atoms with Gasteiger partial charge in [-0.1, -0.05) is 13.3 Å². The molecule has 0 radical (unpaired) electrons. The maximum absolute atomic E-state index is 12.7. The van der Waals surface area contributed by atoms with Crippen LogP contribution in [0.15, 0.2) is 0 Å². The molecule has 148 valence electrons. The summed E-state index contributed by atoms with van der Waals surface area (Å²) in [5.74, 6) is -0.682. The van der Waals surface area contributed by atoms with E-state index in [0.717, 1.165) is 12.8 Å². The van der Waals surface area contributed by atoms with Gasteiger partial charge in [-0.3, -0.25) is 4.57 Å². The Morgan fingerprint density at radius 3 is 2.36 bits per heavy atom. The van der Waals surface area contributed by atoms with Crippen LogP contribution in [0.2, 0.25) is 0 Å². The molecule has 0 bridgehead atoms. The number of ether oxygens (including phenoxy) is 4. The number of rotatable bonds is 11. The fourth-order valence-corrected chi connectivity index (χ4v) is 4.88. The highest BCUT2D eigenvalue weighted by atomic mass is 31.2. The molecule has 1 unspecified atom stereocenters. The molecule has 2 saturated heterocycles. The first-order chi connectivity index (χ1) is 11.8. The SMILES string of the molecule is CCCCOC1[C@@H](CCP(=O)(OCC)OCC)O[C@@H]2OC(C)(C)O[C@@H]12. The van der Waals surface area contributed by atoms with Crippen molar-refractivity contribution in [2.24, 2.45) is 0 Å². The molecule has 2 aliphatic rings. The molecule has 8 heteroatoms. The molecule has 0 N–H and O–H groups in total. The second kappa shape index (κ2) is 9.27. The van der Waals surface area contributed by atoms with Gasteiger partial charge in [0.2, 0.25) is 0 Å². The molecule has 2 heterocycles. The Kier molecular flexibility index (Phi) is 7.89. The van der Waals surface area contributed by atoms with Crippen molar-refractivity contribution in [3.63, 3.8) is 0 Å². The van der Waals surface area contributed by atoms with Gasteiger partial charge in [-0.2, -0.15) is 0 Å². The summed E-state index contributed by atoms with van der Waals surface area (Å²) >= 11 is 0. The molecule has 0 aromatic heterocycles. The van der Waals surface area contributed by atoms with Crippen LogP contribution in [-0.4, -0.2) is 56.4 Å². The van der Waals surface area contributed by atoms with Crippen LogP contribution in [0.4, 0.5) is 0 Å². The fourth-order valence-electron chi connectivity index (χ4n) is 3.19. The van der Waals surface area contributed by atoms with Crippen molar-refractivity contribution < 1.29 is 32.6 Å². The van der Waals surface area contributed by atoms with Crippen molar-refractivity contribution in [3.05, 3.63) is 0 Å². The van der Waals surface area contributed by atoms with E-state index in [1.807, 2.05) is 27.7 Å². The van der Waals surface area contributed by atoms with Crippen molar-refractivity contribution in [1.82, 2.24) is 0 Å². The fraction of sp³-hybridized carbons (Fsp3) is 1.00. The average molecular weight is 380 g/mol. The van der Waals surface area contributed by atoms with Crippen LogP contribution in [0.25, 0.3) is 0 Å². The maximum Gasteiger partial charge on any atom is 0.330 e. The normalized spacial score (nSPS) is 31.4. The summed E-state index contributed by atoms with van der Waals surface area (Å²) in [6.45, 7) is 10.8. The molecule has 0 aromatic rings. The van der Waals surface area contributed by atoms with Gasteiger partial charge in [-0.05, 0) is 40.5 Å². The van der Waals surface area contributed by atoms with E-state index in [2.05, 4.69) is 6.92 Å². The van der Waals surface area contributed by atoms with Crippen molar-refractivity contribution in [2.45, 2.75) is 84.3 Å². The van der Waals surface area contributed by atoms with Crippen LogP contribution in [0.3, 0.4) is 0 Å². The van der Waals surface area contributed by atoms with E-state index in [-0.39, 0.29) is 24.5 Å². The lowest BCUT2D eigenvalue weighted by molar-refractivity contribution is -0.218. The standard InChI is InChI=1S/C17H33O7P/c1-6-9-11-19-14-13(10-12-25(18,20-7-2)21-8-3)22-16-15(14)23-17(4,5)24-16/h13-16H,6-12H2,1-5H3/t13-,14?,15+,16-/m1/s1. The summed E-state index contributed by atoms with van der Waals surface area (Å²) < 4.78 is 47.3. The van der Waals surface area contributed by atoms with Crippen molar-refractivity contribution >= 4 is 7.60 Å². The minimum Gasteiger partial charge on any atom is -0.373 e. The summed E-state index contributed by atoms with van der Waals surface area (Å²) in [5.41, 5.74) is 0. The summed E-state index contributed by atoms with van der Waals surface area (Å²) in [5, 5.41) is 0. The molecule has 2 fully saturated rings. The molecular formula is C17H33O7P. The maximum atomic E-state index is 12.7. The van der Waals surface area contributed by atoms with Crippen LogP contribution >= 0.6 is 7.60 Å².